The quantitative estimate of drug-likeness (QED) is 0.279. The number of aromatic amines is 1. The Morgan fingerprint density at radius 3 is 2.26 bits per heavy atom. The highest BCUT2D eigenvalue weighted by Gasteiger charge is 2.28. The molecule has 0 radical (unpaired) electrons. The lowest BCUT2D eigenvalue weighted by Crippen LogP contribution is -2.55. The molecule has 178 valence electrons. The molecule has 0 fully saturated rings. The van der Waals surface area contributed by atoms with Gasteiger partial charge in [-0.3, -0.25) is 19.7 Å². The molecule has 2 aromatic carbocycles. The fourth-order valence-electron chi connectivity index (χ4n) is 3.47. The van der Waals surface area contributed by atoms with Crippen molar-refractivity contribution < 1.29 is 19.5 Å². The number of nitrogens with one attached hydrogen (secondary N) is 4. The first-order valence-electron chi connectivity index (χ1n) is 11.1. The molecule has 0 aliphatic heterocycles. The minimum atomic E-state index is -1.06. The van der Waals surface area contributed by atoms with Gasteiger partial charge in [0.05, 0.1) is 12.4 Å². The van der Waals surface area contributed by atoms with E-state index in [0.29, 0.717) is 24.2 Å². The van der Waals surface area contributed by atoms with Gasteiger partial charge in [-0.25, -0.2) is 4.98 Å². The maximum absolute atomic E-state index is 13.2. The molecule has 0 saturated carbocycles. The van der Waals surface area contributed by atoms with Gasteiger partial charge in [0.25, 0.3) is 0 Å². The van der Waals surface area contributed by atoms with Gasteiger partial charge in [0.15, 0.2) is 0 Å². The van der Waals surface area contributed by atoms with E-state index in [9.17, 15) is 19.5 Å². The van der Waals surface area contributed by atoms with Crippen LogP contribution >= 0.6 is 0 Å². The number of H-pyrrole nitrogens is 1. The third-order valence-electron chi connectivity index (χ3n) is 5.36. The molecule has 3 aromatic rings. The smallest absolute Gasteiger partial charge is 0.320 e. The van der Waals surface area contributed by atoms with E-state index in [1.165, 1.54) is 13.3 Å². The first kappa shape index (κ1) is 24.7. The summed E-state index contributed by atoms with van der Waals surface area (Å²) in [5.74, 6) is -1.90. The van der Waals surface area contributed by atoms with E-state index < -0.39 is 30.0 Å². The van der Waals surface area contributed by atoms with Gasteiger partial charge >= 0.3 is 5.97 Å². The fourth-order valence-corrected chi connectivity index (χ4v) is 3.47. The van der Waals surface area contributed by atoms with Crippen LogP contribution in [0.2, 0.25) is 0 Å². The Labute approximate surface area is 198 Å². The van der Waals surface area contributed by atoms with Gasteiger partial charge in [0.2, 0.25) is 11.8 Å². The van der Waals surface area contributed by atoms with Crippen LogP contribution in [-0.2, 0) is 27.2 Å². The van der Waals surface area contributed by atoms with Crippen molar-refractivity contribution in [1.82, 2.24) is 20.6 Å². The zero-order chi connectivity index (χ0) is 24.3. The zero-order valence-electron chi connectivity index (χ0n) is 18.9. The second-order valence-electron chi connectivity index (χ2n) is 8.00. The van der Waals surface area contributed by atoms with Crippen molar-refractivity contribution in [2.75, 3.05) is 5.32 Å². The Morgan fingerprint density at radius 2 is 1.65 bits per heavy atom. The third-order valence-corrected chi connectivity index (χ3v) is 5.36. The van der Waals surface area contributed by atoms with Gasteiger partial charge in [0, 0.05) is 24.0 Å². The van der Waals surface area contributed by atoms with Crippen LogP contribution in [0.5, 0.6) is 0 Å². The molecule has 0 aliphatic rings. The summed E-state index contributed by atoms with van der Waals surface area (Å²) in [5.41, 5.74) is 2.32. The molecule has 0 aliphatic carbocycles. The normalized spacial score (nSPS) is 13.4. The number of benzene rings is 2. The molecular formula is C25H29N5O4. The van der Waals surface area contributed by atoms with Gasteiger partial charge < -0.3 is 20.7 Å². The van der Waals surface area contributed by atoms with Crippen LogP contribution in [0, 0.1) is 0 Å². The number of nitrogens with zero attached hydrogens (tertiary/aromatic N) is 1. The number of carboxylic acids is 1. The van der Waals surface area contributed by atoms with Crippen LogP contribution in [-0.4, -0.2) is 51.0 Å². The molecule has 0 bridgehead atoms. The van der Waals surface area contributed by atoms with Crippen LogP contribution in [0.25, 0.3) is 0 Å². The molecule has 9 nitrogen and oxygen atoms in total. The standard InChI is InChI=1S/C25H29N5O4/c1-17(25(33)34)28-21(13-12-18-8-4-2-5-9-18)23(31)30-22(14-20-15-26-16-27-20)24(32)29-19-10-6-3-7-11-19/h2-11,15-17,21-22,28H,12-14H2,1H3,(H,26,27)(H,29,32)(H,30,31)(H,33,34)/t17-,21+,22+/m1/s1. The van der Waals surface area contributed by atoms with Crippen molar-refractivity contribution in [1.29, 1.82) is 0 Å². The highest BCUT2D eigenvalue weighted by Crippen LogP contribution is 2.10. The summed E-state index contributed by atoms with van der Waals surface area (Å²) in [6.45, 7) is 1.48. The average molecular weight is 464 g/mol. The second kappa shape index (κ2) is 12.3. The Morgan fingerprint density at radius 1 is 0.971 bits per heavy atom. The van der Waals surface area contributed by atoms with Crippen molar-refractivity contribution >= 4 is 23.5 Å². The van der Waals surface area contributed by atoms with Crippen molar-refractivity contribution in [2.45, 2.75) is 44.3 Å². The number of anilines is 1. The zero-order valence-corrected chi connectivity index (χ0v) is 18.9. The lowest BCUT2D eigenvalue weighted by atomic mass is 10.0. The molecule has 9 heteroatoms. The summed E-state index contributed by atoms with van der Waals surface area (Å²) in [6.07, 6.45) is 4.23. The van der Waals surface area contributed by atoms with E-state index in [1.807, 2.05) is 36.4 Å². The maximum atomic E-state index is 13.2. The lowest BCUT2D eigenvalue weighted by Gasteiger charge is -2.24. The van der Waals surface area contributed by atoms with Crippen LogP contribution in [0.4, 0.5) is 5.69 Å². The number of carbonyl (C=O) groups is 3. The van der Waals surface area contributed by atoms with Crippen LogP contribution in [0.3, 0.4) is 0 Å². The lowest BCUT2D eigenvalue weighted by molar-refractivity contribution is -0.139. The van der Waals surface area contributed by atoms with Crippen LogP contribution in [0.1, 0.15) is 24.6 Å². The predicted molar refractivity (Wildman–Crippen MR) is 128 cm³/mol. The number of carboxylic acid groups (broad SMARTS) is 1. The van der Waals surface area contributed by atoms with Crippen LogP contribution in [0.15, 0.2) is 73.2 Å². The Kier molecular flexibility index (Phi) is 8.93. The van der Waals surface area contributed by atoms with E-state index in [4.69, 9.17) is 0 Å². The van der Waals surface area contributed by atoms with Gasteiger partial charge in [-0.1, -0.05) is 48.5 Å². The minimum Gasteiger partial charge on any atom is -0.480 e. The van der Waals surface area contributed by atoms with E-state index in [2.05, 4.69) is 25.9 Å². The van der Waals surface area contributed by atoms with E-state index in [1.54, 1.807) is 30.5 Å². The SMILES string of the molecule is C[C@@H](N[C@@H](CCc1ccccc1)C(=O)N[C@@H](Cc1cnc[nH]1)C(=O)Nc1ccccc1)C(=O)O. The Hall–Kier alpha value is -3.98. The molecule has 0 unspecified atom stereocenters. The van der Waals surface area contributed by atoms with Crippen molar-refractivity contribution in [2.24, 2.45) is 0 Å². The highest BCUT2D eigenvalue weighted by molar-refractivity contribution is 5.98. The summed E-state index contributed by atoms with van der Waals surface area (Å²) in [7, 11) is 0. The number of amides is 2. The number of aromatic nitrogens is 2. The Bertz CT molecular complexity index is 1060. The summed E-state index contributed by atoms with van der Waals surface area (Å²) in [4.78, 5) is 44.6. The predicted octanol–water partition coefficient (Wildman–Crippen LogP) is 2.14. The average Bonchev–Trinajstić information content (AvgIpc) is 3.35. The highest BCUT2D eigenvalue weighted by atomic mass is 16.4. The molecular weight excluding hydrogens is 434 g/mol. The van der Waals surface area contributed by atoms with Crippen molar-refractivity contribution in [3.63, 3.8) is 0 Å². The van der Waals surface area contributed by atoms with E-state index in [-0.39, 0.29) is 12.3 Å². The summed E-state index contributed by atoms with van der Waals surface area (Å²) in [6, 6.07) is 15.9. The summed E-state index contributed by atoms with van der Waals surface area (Å²) in [5, 5.41) is 17.8. The number of hydrogen-bond acceptors (Lipinski definition) is 5. The third kappa shape index (κ3) is 7.56. The fraction of sp³-hybridized carbons (Fsp3) is 0.280. The van der Waals surface area contributed by atoms with E-state index in [0.717, 1.165) is 5.56 Å². The van der Waals surface area contributed by atoms with Crippen molar-refractivity contribution in [3.05, 3.63) is 84.4 Å². The van der Waals surface area contributed by atoms with Crippen LogP contribution < -0.4 is 16.0 Å². The van der Waals surface area contributed by atoms with Gasteiger partial charge in [0.1, 0.15) is 12.1 Å². The molecule has 3 atom stereocenters. The van der Waals surface area contributed by atoms with E-state index >= 15 is 0 Å². The Balaban J connectivity index is 1.74. The molecule has 5 N–H and O–H groups in total. The second-order valence-corrected chi connectivity index (χ2v) is 8.00. The number of carbonyl (C=O) groups excluding carboxylic acids is 2. The number of para-hydroxylation sites is 1. The summed E-state index contributed by atoms with van der Waals surface area (Å²) >= 11 is 0. The first-order valence-corrected chi connectivity index (χ1v) is 11.1. The number of imidazole rings is 1. The molecule has 34 heavy (non-hydrogen) atoms. The first-order chi connectivity index (χ1) is 16.4. The molecule has 1 heterocycles. The number of rotatable bonds is 12. The molecule has 0 spiro atoms. The van der Waals surface area contributed by atoms with Gasteiger partial charge in [-0.15, -0.1) is 0 Å². The molecule has 3 rings (SSSR count). The molecule has 2 amide bonds. The maximum Gasteiger partial charge on any atom is 0.320 e. The number of hydrogen-bond donors (Lipinski definition) is 5. The molecule has 1 aromatic heterocycles. The minimum absolute atomic E-state index is 0.199. The number of aryl methyl sites for hydroxylation is 1. The largest absolute Gasteiger partial charge is 0.480 e. The monoisotopic (exact) mass is 463 g/mol. The molecule has 0 saturated heterocycles. The number of aliphatic carboxylic acids is 1. The summed E-state index contributed by atoms with van der Waals surface area (Å²) < 4.78 is 0. The van der Waals surface area contributed by atoms with Crippen molar-refractivity contribution in [3.8, 4) is 0 Å². The van der Waals surface area contributed by atoms with Gasteiger partial charge in [-0.05, 0) is 37.5 Å². The topological polar surface area (TPSA) is 136 Å². The van der Waals surface area contributed by atoms with Gasteiger partial charge in [-0.2, -0.15) is 0 Å².